The molecule has 18 heavy (non-hydrogen) atoms. The highest BCUT2D eigenvalue weighted by atomic mass is 15.1. The first-order valence-electron chi connectivity index (χ1n) is 6.72. The van der Waals surface area contributed by atoms with Gasteiger partial charge in [0, 0.05) is 11.7 Å². The van der Waals surface area contributed by atoms with Crippen LogP contribution < -0.4 is 11.1 Å². The molecule has 0 spiro atoms. The van der Waals surface area contributed by atoms with E-state index in [1.54, 1.807) is 0 Å². The predicted octanol–water partition coefficient (Wildman–Crippen LogP) is 3.14. The van der Waals surface area contributed by atoms with Crippen molar-refractivity contribution in [3.8, 4) is 0 Å². The minimum Gasteiger partial charge on any atom is -0.399 e. The van der Waals surface area contributed by atoms with Gasteiger partial charge in [-0.3, -0.25) is 0 Å². The van der Waals surface area contributed by atoms with Crippen molar-refractivity contribution in [2.24, 2.45) is 5.92 Å². The lowest BCUT2D eigenvalue weighted by Crippen LogP contribution is -2.26. The maximum absolute atomic E-state index is 5.77. The lowest BCUT2D eigenvalue weighted by Gasteiger charge is -2.27. The summed E-state index contributed by atoms with van der Waals surface area (Å²) in [7, 11) is 0. The molecule has 1 heterocycles. The summed E-state index contributed by atoms with van der Waals surface area (Å²) in [5.74, 6) is 1.69. The van der Waals surface area contributed by atoms with Crippen molar-refractivity contribution in [1.29, 1.82) is 0 Å². The number of nitrogen functional groups attached to an aromatic ring is 1. The van der Waals surface area contributed by atoms with Crippen LogP contribution in [-0.4, -0.2) is 16.0 Å². The van der Waals surface area contributed by atoms with Crippen LogP contribution >= 0.6 is 0 Å². The SMILES string of the molecule is CC1CCCC(Nc2nc3ccc(N)cc3[nH]2)C1. The van der Waals surface area contributed by atoms with Crippen LogP contribution in [0.5, 0.6) is 0 Å². The standard InChI is InChI=1S/C14H20N4/c1-9-3-2-4-11(7-9)16-14-17-12-6-5-10(15)8-13(12)18-14/h5-6,8-9,11H,2-4,7,15H2,1H3,(H2,16,17,18). The van der Waals surface area contributed by atoms with Gasteiger partial charge in [0.1, 0.15) is 0 Å². The van der Waals surface area contributed by atoms with E-state index in [1.807, 2.05) is 18.2 Å². The number of H-pyrrole nitrogens is 1. The number of fused-ring (bicyclic) bond motifs is 1. The van der Waals surface area contributed by atoms with Gasteiger partial charge >= 0.3 is 0 Å². The van der Waals surface area contributed by atoms with E-state index < -0.39 is 0 Å². The molecule has 1 aliphatic rings. The second-order valence-electron chi connectivity index (χ2n) is 5.48. The first-order valence-corrected chi connectivity index (χ1v) is 6.72. The van der Waals surface area contributed by atoms with Crippen molar-refractivity contribution in [3.05, 3.63) is 18.2 Å². The molecule has 0 amide bonds. The number of anilines is 2. The summed E-state index contributed by atoms with van der Waals surface area (Å²) in [5, 5.41) is 3.51. The molecule has 1 aromatic heterocycles. The molecule has 2 unspecified atom stereocenters. The van der Waals surface area contributed by atoms with Crippen LogP contribution in [0.4, 0.5) is 11.6 Å². The van der Waals surface area contributed by atoms with Crippen molar-refractivity contribution in [2.45, 2.75) is 38.6 Å². The number of aromatic amines is 1. The van der Waals surface area contributed by atoms with Gasteiger partial charge in [-0.15, -0.1) is 0 Å². The molecule has 1 fully saturated rings. The average molecular weight is 244 g/mol. The van der Waals surface area contributed by atoms with Gasteiger partial charge < -0.3 is 16.0 Å². The second-order valence-corrected chi connectivity index (χ2v) is 5.48. The zero-order valence-corrected chi connectivity index (χ0v) is 10.7. The molecule has 0 saturated heterocycles. The third-order valence-corrected chi connectivity index (χ3v) is 3.78. The molecule has 4 N–H and O–H groups in total. The summed E-state index contributed by atoms with van der Waals surface area (Å²) in [4.78, 5) is 7.85. The highest BCUT2D eigenvalue weighted by Crippen LogP contribution is 2.26. The molecule has 4 nitrogen and oxygen atoms in total. The molecule has 0 radical (unpaired) electrons. The number of nitrogens with two attached hydrogens (primary N) is 1. The molecule has 0 bridgehead atoms. The molecule has 1 saturated carbocycles. The van der Waals surface area contributed by atoms with Gasteiger partial charge in [0.15, 0.2) is 0 Å². The molecule has 3 rings (SSSR count). The summed E-state index contributed by atoms with van der Waals surface area (Å²) in [6.07, 6.45) is 5.14. The highest BCUT2D eigenvalue weighted by molar-refractivity contribution is 5.80. The van der Waals surface area contributed by atoms with Gasteiger partial charge in [-0.05, 0) is 37.0 Å². The van der Waals surface area contributed by atoms with Gasteiger partial charge in [0.2, 0.25) is 5.95 Å². The van der Waals surface area contributed by atoms with Crippen molar-refractivity contribution in [3.63, 3.8) is 0 Å². The normalized spacial score (nSPS) is 24.3. The van der Waals surface area contributed by atoms with Crippen molar-refractivity contribution >= 4 is 22.7 Å². The lowest BCUT2D eigenvalue weighted by molar-refractivity contribution is 0.358. The van der Waals surface area contributed by atoms with Gasteiger partial charge in [0.25, 0.3) is 0 Å². The molecule has 0 aliphatic heterocycles. The number of imidazole rings is 1. The molecule has 4 heteroatoms. The van der Waals surface area contributed by atoms with Crippen LogP contribution in [0.1, 0.15) is 32.6 Å². The van der Waals surface area contributed by atoms with E-state index in [4.69, 9.17) is 5.73 Å². The van der Waals surface area contributed by atoms with E-state index in [0.717, 1.165) is 28.6 Å². The fourth-order valence-corrected chi connectivity index (χ4v) is 2.85. The van der Waals surface area contributed by atoms with Gasteiger partial charge in [-0.25, -0.2) is 4.98 Å². The van der Waals surface area contributed by atoms with E-state index in [9.17, 15) is 0 Å². The summed E-state index contributed by atoms with van der Waals surface area (Å²) >= 11 is 0. The van der Waals surface area contributed by atoms with E-state index in [1.165, 1.54) is 25.7 Å². The number of hydrogen-bond acceptors (Lipinski definition) is 3. The summed E-state index contributed by atoms with van der Waals surface area (Å²) in [5.41, 5.74) is 8.50. The Morgan fingerprint density at radius 2 is 2.28 bits per heavy atom. The van der Waals surface area contributed by atoms with Crippen molar-refractivity contribution in [2.75, 3.05) is 11.1 Å². The van der Waals surface area contributed by atoms with Crippen LogP contribution in [-0.2, 0) is 0 Å². The Bertz CT molecular complexity index is 546. The Morgan fingerprint density at radius 3 is 3.11 bits per heavy atom. The van der Waals surface area contributed by atoms with Crippen LogP contribution in [0.25, 0.3) is 11.0 Å². The number of benzene rings is 1. The zero-order chi connectivity index (χ0) is 12.5. The lowest BCUT2D eigenvalue weighted by atomic mass is 9.87. The number of rotatable bonds is 2. The Balaban J connectivity index is 1.78. The topological polar surface area (TPSA) is 66.7 Å². The highest BCUT2D eigenvalue weighted by Gasteiger charge is 2.19. The minimum atomic E-state index is 0.548. The van der Waals surface area contributed by atoms with Crippen LogP contribution in [0.15, 0.2) is 18.2 Å². The number of nitrogens with zero attached hydrogens (tertiary/aromatic N) is 1. The zero-order valence-electron chi connectivity index (χ0n) is 10.7. The van der Waals surface area contributed by atoms with E-state index >= 15 is 0 Å². The predicted molar refractivity (Wildman–Crippen MR) is 75.5 cm³/mol. The quantitative estimate of drug-likeness (QED) is 0.711. The molecule has 2 atom stereocenters. The molecule has 1 aliphatic carbocycles. The minimum absolute atomic E-state index is 0.548. The average Bonchev–Trinajstić information content (AvgIpc) is 2.70. The van der Waals surface area contributed by atoms with Crippen LogP contribution in [0.3, 0.4) is 0 Å². The van der Waals surface area contributed by atoms with Crippen molar-refractivity contribution < 1.29 is 0 Å². The first kappa shape index (κ1) is 11.4. The van der Waals surface area contributed by atoms with E-state index in [-0.39, 0.29) is 0 Å². The molecule has 2 aromatic rings. The molecule has 96 valence electrons. The number of nitrogens with one attached hydrogen (secondary N) is 2. The Kier molecular flexibility index (Phi) is 2.86. The van der Waals surface area contributed by atoms with Crippen molar-refractivity contribution in [1.82, 2.24) is 9.97 Å². The summed E-state index contributed by atoms with van der Waals surface area (Å²) < 4.78 is 0. The van der Waals surface area contributed by atoms with Crippen LogP contribution in [0.2, 0.25) is 0 Å². The maximum atomic E-state index is 5.77. The first-order chi connectivity index (χ1) is 8.70. The molecule has 1 aromatic carbocycles. The monoisotopic (exact) mass is 244 g/mol. The fourth-order valence-electron chi connectivity index (χ4n) is 2.85. The van der Waals surface area contributed by atoms with E-state index in [2.05, 4.69) is 22.2 Å². The summed E-state index contributed by atoms with van der Waals surface area (Å²) in [6.45, 7) is 2.33. The smallest absolute Gasteiger partial charge is 0.201 e. The Morgan fingerprint density at radius 1 is 1.39 bits per heavy atom. The third kappa shape index (κ3) is 2.28. The maximum Gasteiger partial charge on any atom is 0.201 e. The Hall–Kier alpha value is -1.71. The van der Waals surface area contributed by atoms with Gasteiger partial charge in [0.05, 0.1) is 11.0 Å². The van der Waals surface area contributed by atoms with Gasteiger partial charge in [-0.2, -0.15) is 0 Å². The van der Waals surface area contributed by atoms with Crippen LogP contribution in [0, 0.1) is 5.92 Å². The number of aromatic nitrogens is 2. The molecular weight excluding hydrogens is 224 g/mol. The fraction of sp³-hybridized carbons (Fsp3) is 0.500. The van der Waals surface area contributed by atoms with E-state index in [0.29, 0.717) is 6.04 Å². The second kappa shape index (κ2) is 4.52. The molecular formula is C14H20N4. The third-order valence-electron chi connectivity index (χ3n) is 3.78. The van der Waals surface area contributed by atoms with Gasteiger partial charge in [-0.1, -0.05) is 19.8 Å². The largest absolute Gasteiger partial charge is 0.399 e. The summed E-state index contributed by atoms with van der Waals surface area (Å²) in [6, 6.07) is 6.31. The Labute approximate surface area is 107 Å². The number of hydrogen-bond donors (Lipinski definition) is 3.